The fourth-order valence-corrected chi connectivity index (χ4v) is 4.00. The second-order valence-corrected chi connectivity index (χ2v) is 7.68. The van der Waals surface area contributed by atoms with E-state index in [2.05, 4.69) is 21.1 Å². The maximum atomic E-state index is 10.00. The van der Waals surface area contributed by atoms with Gasteiger partial charge in [-0.05, 0) is 37.3 Å². The molecule has 3 rings (SSSR count). The van der Waals surface area contributed by atoms with Crippen LogP contribution in [0.2, 0.25) is 0 Å². The van der Waals surface area contributed by atoms with Crippen molar-refractivity contribution in [2.45, 2.75) is 17.1 Å². The number of hydrogen-bond donors (Lipinski definition) is 1. The largest absolute Gasteiger partial charge is 0.497 e. The molecule has 0 amide bonds. The van der Waals surface area contributed by atoms with E-state index >= 15 is 0 Å². The maximum absolute atomic E-state index is 10.00. The number of rotatable bonds is 6. The van der Waals surface area contributed by atoms with Gasteiger partial charge in [-0.1, -0.05) is 39.3 Å². The molecular weight excluding hydrogens is 402 g/mol. The minimum Gasteiger partial charge on any atom is -0.497 e. The molecule has 0 fully saturated rings. The van der Waals surface area contributed by atoms with Gasteiger partial charge in [-0.3, -0.25) is 0 Å². The second kappa shape index (κ2) is 8.08. The SMILES string of the molecule is COc1cccc(SC(CO)c2c(C)noc2-c2ccc(Br)cc2)c1. The number of aliphatic hydroxyl groups excluding tert-OH is 1. The highest BCUT2D eigenvalue weighted by molar-refractivity contribution is 9.10. The lowest BCUT2D eigenvalue weighted by atomic mass is 10.0. The van der Waals surface area contributed by atoms with Crippen LogP contribution in [0.15, 0.2) is 62.4 Å². The van der Waals surface area contributed by atoms with Crippen LogP contribution in [0.4, 0.5) is 0 Å². The average molecular weight is 420 g/mol. The Hall–Kier alpha value is -1.76. The van der Waals surface area contributed by atoms with Crippen LogP contribution in [0.3, 0.4) is 0 Å². The third-order valence-corrected chi connectivity index (χ3v) is 5.55. The molecule has 0 radical (unpaired) electrons. The molecule has 0 aliphatic rings. The van der Waals surface area contributed by atoms with Crippen molar-refractivity contribution in [2.24, 2.45) is 0 Å². The molecule has 130 valence electrons. The zero-order chi connectivity index (χ0) is 17.8. The van der Waals surface area contributed by atoms with Crippen LogP contribution in [-0.4, -0.2) is 24.0 Å². The monoisotopic (exact) mass is 419 g/mol. The molecule has 1 aromatic heterocycles. The zero-order valence-corrected chi connectivity index (χ0v) is 16.3. The first-order valence-corrected chi connectivity index (χ1v) is 9.43. The summed E-state index contributed by atoms with van der Waals surface area (Å²) in [5.74, 6) is 1.48. The number of nitrogens with zero attached hydrogens (tertiary/aromatic N) is 1. The quantitative estimate of drug-likeness (QED) is 0.553. The van der Waals surface area contributed by atoms with Gasteiger partial charge in [0.1, 0.15) is 5.75 Å². The number of methoxy groups -OCH3 is 1. The van der Waals surface area contributed by atoms with Gasteiger partial charge in [0.2, 0.25) is 0 Å². The van der Waals surface area contributed by atoms with Crippen LogP contribution < -0.4 is 4.74 Å². The number of ether oxygens (including phenoxy) is 1. The Kier molecular flexibility index (Phi) is 5.83. The summed E-state index contributed by atoms with van der Waals surface area (Å²) < 4.78 is 11.8. The zero-order valence-electron chi connectivity index (χ0n) is 13.9. The second-order valence-electron chi connectivity index (χ2n) is 5.49. The van der Waals surface area contributed by atoms with E-state index in [9.17, 15) is 5.11 Å². The van der Waals surface area contributed by atoms with Gasteiger partial charge in [0.25, 0.3) is 0 Å². The molecule has 1 atom stereocenters. The van der Waals surface area contributed by atoms with Gasteiger partial charge in [0.15, 0.2) is 5.76 Å². The summed E-state index contributed by atoms with van der Waals surface area (Å²) in [6, 6.07) is 15.6. The normalized spacial score (nSPS) is 12.2. The van der Waals surface area contributed by atoms with Crippen LogP contribution in [0.25, 0.3) is 11.3 Å². The van der Waals surface area contributed by atoms with Gasteiger partial charge in [-0.15, -0.1) is 11.8 Å². The summed E-state index contributed by atoms with van der Waals surface area (Å²) >= 11 is 5.00. The smallest absolute Gasteiger partial charge is 0.171 e. The number of benzene rings is 2. The van der Waals surface area contributed by atoms with Crippen LogP contribution in [0.5, 0.6) is 5.75 Å². The van der Waals surface area contributed by atoms with Crippen molar-refractivity contribution in [1.29, 1.82) is 0 Å². The first-order chi connectivity index (χ1) is 12.1. The lowest BCUT2D eigenvalue weighted by Gasteiger charge is -2.15. The van der Waals surface area contributed by atoms with Crippen molar-refractivity contribution in [1.82, 2.24) is 5.16 Å². The summed E-state index contributed by atoms with van der Waals surface area (Å²) in [4.78, 5) is 1.01. The summed E-state index contributed by atoms with van der Waals surface area (Å²) in [5, 5.41) is 13.9. The summed E-state index contributed by atoms with van der Waals surface area (Å²) in [6.07, 6.45) is 0. The van der Waals surface area contributed by atoms with Gasteiger partial charge in [0.05, 0.1) is 24.7 Å². The molecule has 0 aliphatic carbocycles. The van der Waals surface area contributed by atoms with Crippen molar-refractivity contribution in [3.05, 3.63) is 64.3 Å². The fraction of sp³-hybridized carbons (Fsp3) is 0.211. The molecule has 1 unspecified atom stereocenters. The molecule has 4 nitrogen and oxygen atoms in total. The van der Waals surface area contributed by atoms with Crippen LogP contribution >= 0.6 is 27.7 Å². The number of halogens is 1. The topological polar surface area (TPSA) is 55.5 Å². The minimum absolute atomic E-state index is 0.0204. The van der Waals surface area contributed by atoms with Crippen LogP contribution in [-0.2, 0) is 0 Å². The van der Waals surface area contributed by atoms with Gasteiger partial charge < -0.3 is 14.4 Å². The lowest BCUT2D eigenvalue weighted by Crippen LogP contribution is -2.02. The molecule has 6 heteroatoms. The molecule has 2 aromatic carbocycles. The standard InChI is InChI=1S/C19H18BrNO3S/c1-12-18(19(24-21-12)13-6-8-14(20)9-7-13)17(11-22)25-16-5-3-4-15(10-16)23-2/h3-10,17,22H,11H2,1-2H3. The van der Waals surface area contributed by atoms with E-state index < -0.39 is 0 Å². The predicted octanol–water partition coefficient (Wildman–Crippen LogP) is 5.25. The average Bonchev–Trinajstić information content (AvgIpc) is 3.02. The number of hydrogen-bond acceptors (Lipinski definition) is 5. The molecule has 0 saturated carbocycles. The molecule has 0 aliphatic heterocycles. The number of aliphatic hydroxyl groups is 1. The molecule has 3 aromatic rings. The van der Waals surface area contributed by atoms with Crippen molar-refractivity contribution in [3.8, 4) is 17.1 Å². The first kappa shape index (κ1) is 18.0. The Bertz CT molecular complexity index is 848. The minimum atomic E-state index is -0.183. The molecule has 25 heavy (non-hydrogen) atoms. The van der Waals surface area contributed by atoms with Crippen LogP contribution in [0.1, 0.15) is 16.5 Å². The molecule has 1 N–H and O–H groups in total. The Labute approximate surface area is 159 Å². The molecular formula is C19H18BrNO3S. The third-order valence-electron chi connectivity index (χ3n) is 3.82. The predicted molar refractivity (Wildman–Crippen MR) is 103 cm³/mol. The number of aromatic nitrogens is 1. The summed E-state index contributed by atoms with van der Waals surface area (Å²) in [7, 11) is 1.64. The summed E-state index contributed by atoms with van der Waals surface area (Å²) in [6.45, 7) is 1.88. The van der Waals surface area contributed by atoms with E-state index in [-0.39, 0.29) is 11.9 Å². The van der Waals surface area contributed by atoms with E-state index in [4.69, 9.17) is 9.26 Å². The highest BCUT2D eigenvalue weighted by Crippen LogP contribution is 2.42. The highest BCUT2D eigenvalue weighted by atomic mass is 79.9. The highest BCUT2D eigenvalue weighted by Gasteiger charge is 2.24. The maximum Gasteiger partial charge on any atom is 0.171 e. The Morgan fingerprint density at radius 1 is 1.24 bits per heavy atom. The molecule has 0 spiro atoms. The van der Waals surface area contributed by atoms with E-state index in [0.29, 0.717) is 5.76 Å². The van der Waals surface area contributed by atoms with Crippen molar-refractivity contribution < 1.29 is 14.4 Å². The van der Waals surface area contributed by atoms with Gasteiger partial charge in [0, 0.05) is 20.5 Å². The number of thioether (sulfide) groups is 1. The van der Waals surface area contributed by atoms with Gasteiger partial charge in [-0.2, -0.15) is 0 Å². The third kappa shape index (κ3) is 4.08. The van der Waals surface area contributed by atoms with E-state index in [1.54, 1.807) is 18.9 Å². The van der Waals surface area contributed by atoms with E-state index in [1.807, 2.05) is 55.5 Å². The lowest BCUT2D eigenvalue weighted by molar-refractivity contribution is 0.296. The van der Waals surface area contributed by atoms with Crippen LogP contribution in [0, 0.1) is 6.92 Å². The first-order valence-electron chi connectivity index (χ1n) is 7.76. The molecule has 1 heterocycles. The number of aryl methyl sites for hydroxylation is 1. The molecule has 0 bridgehead atoms. The van der Waals surface area contributed by atoms with Gasteiger partial charge >= 0.3 is 0 Å². The van der Waals surface area contributed by atoms with Crippen molar-refractivity contribution in [3.63, 3.8) is 0 Å². The Morgan fingerprint density at radius 3 is 2.68 bits per heavy atom. The van der Waals surface area contributed by atoms with Crippen molar-refractivity contribution >= 4 is 27.7 Å². The van der Waals surface area contributed by atoms with E-state index in [0.717, 1.165) is 31.9 Å². The van der Waals surface area contributed by atoms with E-state index in [1.165, 1.54) is 0 Å². The molecule has 0 saturated heterocycles. The summed E-state index contributed by atoms with van der Waals surface area (Å²) in [5.41, 5.74) is 2.63. The van der Waals surface area contributed by atoms with Gasteiger partial charge in [-0.25, -0.2) is 0 Å². The fourth-order valence-electron chi connectivity index (χ4n) is 2.59. The van der Waals surface area contributed by atoms with Crippen molar-refractivity contribution in [2.75, 3.05) is 13.7 Å². The Morgan fingerprint density at radius 2 is 2.00 bits per heavy atom. The Balaban J connectivity index is 1.95.